The summed E-state index contributed by atoms with van der Waals surface area (Å²) in [6.07, 6.45) is 2.24. The molecule has 1 amide bonds. The molecule has 2 aromatic rings. The number of halogens is 1. The first kappa shape index (κ1) is 15.7. The molecular formula is C14H18BrN5O. The van der Waals surface area contributed by atoms with Gasteiger partial charge < -0.3 is 15.6 Å². The van der Waals surface area contributed by atoms with Crippen molar-refractivity contribution in [1.82, 2.24) is 20.1 Å². The van der Waals surface area contributed by atoms with Crippen LogP contribution in [0.1, 0.15) is 18.3 Å². The monoisotopic (exact) mass is 351 g/mol. The number of nitrogens with zero attached hydrogens (tertiary/aromatic N) is 3. The van der Waals surface area contributed by atoms with Crippen LogP contribution in [0.2, 0.25) is 0 Å². The summed E-state index contributed by atoms with van der Waals surface area (Å²) in [5.74, 6) is 0.602. The van der Waals surface area contributed by atoms with E-state index in [0.717, 1.165) is 15.9 Å². The van der Waals surface area contributed by atoms with Crippen molar-refractivity contribution in [2.24, 2.45) is 12.8 Å². The molecule has 0 bridgehead atoms. The van der Waals surface area contributed by atoms with E-state index in [4.69, 9.17) is 5.73 Å². The van der Waals surface area contributed by atoms with Gasteiger partial charge in [-0.1, -0.05) is 28.1 Å². The second-order valence-electron chi connectivity index (χ2n) is 5.07. The number of amides is 1. The third kappa shape index (κ3) is 3.68. The van der Waals surface area contributed by atoms with Gasteiger partial charge in [0, 0.05) is 24.5 Å². The highest BCUT2D eigenvalue weighted by Gasteiger charge is 2.30. The Bertz CT molecular complexity index is 621. The highest BCUT2D eigenvalue weighted by molar-refractivity contribution is 9.10. The molecule has 0 aliphatic heterocycles. The third-order valence-corrected chi connectivity index (χ3v) is 3.88. The fourth-order valence-electron chi connectivity index (χ4n) is 1.93. The summed E-state index contributed by atoms with van der Waals surface area (Å²) in [7, 11) is 1.87. The first-order valence-electron chi connectivity index (χ1n) is 6.57. The lowest BCUT2D eigenvalue weighted by Gasteiger charge is -2.24. The van der Waals surface area contributed by atoms with Gasteiger partial charge >= 0.3 is 0 Å². The molecule has 3 N–H and O–H groups in total. The molecule has 0 saturated carbocycles. The van der Waals surface area contributed by atoms with Crippen LogP contribution in [0.15, 0.2) is 35.1 Å². The second-order valence-corrected chi connectivity index (χ2v) is 5.99. The Morgan fingerprint density at radius 1 is 1.43 bits per heavy atom. The lowest BCUT2D eigenvalue weighted by molar-refractivity contribution is -0.126. The third-order valence-electron chi connectivity index (χ3n) is 3.35. The Morgan fingerprint density at radius 2 is 2.10 bits per heavy atom. The molecule has 0 aliphatic carbocycles. The Hall–Kier alpha value is -1.73. The van der Waals surface area contributed by atoms with Crippen molar-refractivity contribution in [3.8, 4) is 0 Å². The van der Waals surface area contributed by atoms with E-state index in [1.165, 1.54) is 0 Å². The van der Waals surface area contributed by atoms with Crippen LogP contribution in [-0.4, -0.2) is 27.2 Å². The van der Waals surface area contributed by atoms with E-state index in [2.05, 4.69) is 31.4 Å². The molecule has 0 spiro atoms. The molecule has 1 heterocycles. The quantitative estimate of drug-likeness (QED) is 0.844. The zero-order valence-electron chi connectivity index (χ0n) is 12.0. The molecular weight excluding hydrogens is 334 g/mol. The van der Waals surface area contributed by atoms with Gasteiger partial charge in [0.1, 0.15) is 17.7 Å². The van der Waals surface area contributed by atoms with Gasteiger partial charge in [-0.25, -0.2) is 0 Å². The van der Waals surface area contributed by atoms with E-state index in [1.54, 1.807) is 13.3 Å². The minimum Gasteiger partial charge on any atom is -0.354 e. The van der Waals surface area contributed by atoms with Gasteiger partial charge in [0.2, 0.25) is 5.91 Å². The zero-order valence-corrected chi connectivity index (χ0v) is 13.6. The number of hydrogen-bond donors (Lipinski definition) is 2. The molecule has 21 heavy (non-hydrogen) atoms. The van der Waals surface area contributed by atoms with E-state index in [1.807, 2.05) is 35.9 Å². The summed E-state index contributed by atoms with van der Waals surface area (Å²) < 4.78 is 2.77. The standard InChI is InChI=1S/C14H18BrN5O/c1-14(16,10-3-5-11(15)6-4-10)13(21)17-8-7-12-19-18-9-20(12)2/h3-6,9H,7-8,16H2,1-2H3,(H,17,21). The Labute approximate surface area is 131 Å². The van der Waals surface area contributed by atoms with Gasteiger partial charge in [0.15, 0.2) is 0 Å². The van der Waals surface area contributed by atoms with Crippen LogP contribution in [-0.2, 0) is 23.8 Å². The predicted octanol–water partition coefficient (Wildman–Crippen LogP) is 1.11. The van der Waals surface area contributed by atoms with Crippen molar-refractivity contribution in [2.45, 2.75) is 18.9 Å². The van der Waals surface area contributed by atoms with E-state index >= 15 is 0 Å². The van der Waals surface area contributed by atoms with Crippen molar-refractivity contribution in [1.29, 1.82) is 0 Å². The fraction of sp³-hybridized carbons (Fsp3) is 0.357. The SMILES string of the molecule is Cn1cnnc1CCNC(=O)C(C)(N)c1ccc(Br)cc1. The van der Waals surface area contributed by atoms with Crippen molar-refractivity contribution >= 4 is 21.8 Å². The molecule has 0 radical (unpaired) electrons. The Kier molecular flexibility index (Phi) is 4.74. The van der Waals surface area contributed by atoms with Crippen LogP contribution in [0, 0.1) is 0 Å². The van der Waals surface area contributed by atoms with Gasteiger partial charge in [0.05, 0.1) is 0 Å². The van der Waals surface area contributed by atoms with Crippen LogP contribution in [0.3, 0.4) is 0 Å². The summed E-state index contributed by atoms with van der Waals surface area (Å²) in [5.41, 5.74) is 5.86. The fourth-order valence-corrected chi connectivity index (χ4v) is 2.20. The zero-order chi connectivity index (χ0) is 15.5. The number of carbonyl (C=O) groups is 1. The molecule has 6 nitrogen and oxygen atoms in total. The second kappa shape index (κ2) is 6.36. The maximum absolute atomic E-state index is 12.3. The summed E-state index contributed by atoms with van der Waals surface area (Å²) >= 11 is 3.36. The molecule has 7 heteroatoms. The number of aryl methyl sites for hydroxylation is 1. The molecule has 0 fully saturated rings. The van der Waals surface area contributed by atoms with E-state index in [0.29, 0.717) is 13.0 Å². The summed E-state index contributed by atoms with van der Waals surface area (Å²) in [6, 6.07) is 7.42. The lowest BCUT2D eigenvalue weighted by Crippen LogP contribution is -2.49. The first-order chi connectivity index (χ1) is 9.91. The maximum atomic E-state index is 12.3. The molecule has 0 saturated heterocycles. The molecule has 112 valence electrons. The summed E-state index contributed by atoms with van der Waals surface area (Å²) in [5, 5.41) is 10.6. The minimum absolute atomic E-state index is 0.216. The van der Waals surface area contributed by atoms with Crippen LogP contribution in [0.4, 0.5) is 0 Å². The molecule has 1 atom stereocenters. The van der Waals surface area contributed by atoms with Crippen molar-refractivity contribution < 1.29 is 4.79 Å². The van der Waals surface area contributed by atoms with Crippen LogP contribution in [0.5, 0.6) is 0 Å². The largest absolute Gasteiger partial charge is 0.354 e. The molecule has 2 rings (SSSR count). The lowest BCUT2D eigenvalue weighted by atomic mass is 9.92. The number of rotatable bonds is 5. The van der Waals surface area contributed by atoms with Crippen molar-refractivity contribution in [2.75, 3.05) is 6.54 Å². The van der Waals surface area contributed by atoms with Crippen molar-refractivity contribution in [3.63, 3.8) is 0 Å². The number of aromatic nitrogens is 3. The van der Waals surface area contributed by atoms with Crippen LogP contribution >= 0.6 is 15.9 Å². The summed E-state index contributed by atoms with van der Waals surface area (Å²) in [4.78, 5) is 12.3. The number of carbonyl (C=O) groups excluding carboxylic acids is 1. The average molecular weight is 352 g/mol. The first-order valence-corrected chi connectivity index (χ1v) is 7.36. The smallest absolute Gasteiger partial charge is 0.244 e. The number of nitrogens with one attached hydrogen (secondary N) is 1. The van der Waals surface area contributed by atoms with E-state index < -0.39 is 5.54 Å². The average Bonchev–Trinajstić information content (AvgIpc) is 2.85. The van der Waals surface area contributed by atoms with Gasteiger partial charge in [-0.2, -0.15) is 0 Å². The van der Waals surface area contributed by atoms with Gasteiger partial charge in [-0.05, 0) is 24.6 Å². The number of nitrogens with two attached hydrogens (primary N) is 1. The summed E-state index contributed by atoms with van der Waals surface area (Å²) in [6.45, 7) is 2.17. The van der Waals surface area contributed by atoms with Gasteiger partial charge in [0.25, 0.3) is 0 Å². The molecule has 1 aromatic heterocycles. The number of hydrogen-bond acceptors (Lipinski definition) is 4. The number of benzene rings is 1. The molecule has 0 aliphatic rings. The van der Waals surface area contributed by atoms with Gasteiger partial charge in [-0.3, -0.25) is 4.79 Å². The highest BCUT2D eigenvalue weighted by atomic mass is 79.9. The predicted molar refractivity (Wildman–Crippen MR) is 83.4 cm³/mol. The van der Waals surface area contributed by atoms with E-state index in [9.17, 15) is 4.79 Å². The molecule has 1 unspecified atom stereocenters. The Morgan fingerprint density at radius 3 is 2.67 bits per heavy atom. The van der Waals surface area contributed by atoms with Crippen molar-refractivity contribution in [3.05, 3.63) is 46.5 Å². The topological polar surface area (TPSA) is 85.8 Å². The van der Waals surface area contributed by atoms with Crippen LogP contribution in [0.25, 0.3) is 0 Å². The molecule has 1 aromatic carbocycles. The normalized spacial score (nSPS) is 13.7. The van der Waals surface area contributed by atoms with Gasteiger partial charge in [-0.15, -0.1) is 10.2 Å². The highest BCUT2D eigenvalue weighted by Crippen LogP contribution is 2.20. The maximum Gasteiger partial charge on any atom is 0.244 e. The Balaban J connectivity index is 1.95. The minimum atomic E-state index is -1.07. The van der Waals surface area contributed by atoms with E-state index in [-0.39, 0.29) is 5.91 Å². The van der Waals surface area contributed by atoms with Crippen LogP contribution < -0.4 is 11.1 Å².